The summed E-state index contributed by atoms with van der Waals surface area (Å²) in [6.45, 7) is 6.70. The van der Waals surface area contributed by atoms with Gasteiger partial charge in [0.25, 0.3) is 5.91 Å². The smallest absolute Gasteiger partial charge is 0.261 e. The van der Waals surface area contributed by atoms with Gasteiger partial charge in [-0.25, -0.2) is 0 Å². The van der Waals surface area contributed by atoms with Crippen molar-refractivity contribution >= 4 is 39.3 Å². The second kappa shape index (κ2) is 13.5. The Labute approximate surface area is 204 Å². The van der Waals surface area contributed by atoms with E-state index in [0.29, 0.717) is 23.7 Å². The molecule has 0 aliphatic heterocycles. The molecule has 0 heterocycles. The van der Waals surface area contributed by atoms with Crippen molar-refractivity contribution in [2.75, 3.05) is 13.2 Å². The van der Waals surface area contributed by atoms with Crippen LogP contribution in [0.2, 0.25) is 5.02 Å². The van der Waals surface area contributed by atoms with Gasteiger partial charge < -0.3 is 15.0 Å². The number of nitrogens with zero attached hydrogens (tertiary/aromatic N) is 1. The molecule has 0 aliphatic carbocycles. The van der Waals surface area contributed by atoms with Crippen molar-refractivity contribution in [1.82, 2.24) is 10.2 Å². The molecule has 1 atom stereocenters. The molecule has 0 aromatic heterocycles. The second-order valence-corrected chi connectivity index (χ2v) is 8.85. The molecule has 0 radical (unpaired) electrons. The minimum atomic E-state index is -0.606. The van der Waals surface area contributed by atoms with Crippen LogP contribution in [-0.4, -0.2) is 35.9 Å². The van der Waals surface area contributed by atoms with Gasteiger partial charge in [0.1, 0.15) is 11.8 Å². The molecule has 174 valence electrons. The van der Waals surface area contributed by atoms with Crippen molar-refractivity contribution in [1.29, 1.82) is 0 Å². The second-order valence-electron chi connectivity index (χ2n) is 7.59. The fraction of sp³-hybridized carbons (Fsp3) is 0.440. The van der Waals surface area contributed by atoms with E-state index in [-0.39, 0.29) is 25.0 Å². The van der Waals surface area contributed by atoms with Crippen LogP contribution in [0.3, 0.4) is 0 Å². The number of benzene rings is 2. The van der Waals surface area contributed by atoms with Gasteiger partial charge in [-0.2, -0.15) is 0 Å². The number of hydrogen-bond donors (Lipinski definition) is 1. The van der Waals surface area contributed by atoms with Crippen molar-refractivity contribution < 1.29 is 14.3 Å². The molecule has 1 N–H and O–H groups in total. The first-order chi connectivity index (χ1) is 15.4. The fourth-order valence-corrected chi connectivity index (χ4v) is 4.08. The van der Waals surface area contributed by atoms with Crippen LogP contribution in [0, 0.1) is 0 Å². The van der Waals surface area contributed by atoms with Crippen LogP contribution in [0.15, 0.2) is 46.9 Å². The topological polar surface area (TPSA) is 58.6 Å². The van der Waals surface area contributed by atoms with Crippen LogP contribution in [0.25, 0.3) is 0 Å². The molecule has 0 saturated heterocycles. The van der Waals surface area contributed by atoms with Gasteiger partial charge >= 0.3 is 0 Å². The molecule has 2 aromatic rings. The summed E-state index contributed by atoms with van der Waals surface area (Å²) in [5, 5.41) is 3.51. The first-order valence-corrected chi connectivity index (χ1v) is 12.3. The zero-order chi connectivity index (χ0) is 23.5. The zero-order valence-corrected chi connectivity index (χ0v) is 21.3. The van der Waals surface area contributed by atoms with E-state index in [0.717, 1.165) is 29.3 Å². The van der Waals surface area contributed by atoms with E-state index >= 15 is 0 Å². The average molecular weight is 524 g/mol. The number of ether oxygens (including phenoxy) is 1. The van der Waals surface area contributed by atoms with Gasteiger partial charge in [0.2, 0.25) is 5.91 Å². The molecular formula is C25H32BrClN2O3. The predicted molar refractivity (Wildman–Crippen MR) is 133 cm³/mol. The predicted octanol–water partition coefficient (Wildman–Crippen LogP) is 5.77. The molecular weight excluding hydrogens is 492 g/mol. The summed E-state index contributed by atoms with van der Waals surface area (Å²) in [7, 11) is 0. The summed E-state index contributed by atoms with van der Waals surface area (Å²) < 4.78 is 6.61. The molecule has 0 fully saturated rings. The maximum atomic E-state index is 13.3. The van der Waals surface area contributed by atoms with E-state index in [1.807, 2.05) is 43.3 Å². The Balaban J connectivity index is 2.21. The summed E-state index contributed by atoms with van der Waals surface area (Å²) in [6.07, 6.45) is 3.28. The highest BCUT2D eigenvalue weighted by molar-refractivity contribution is 9.10. The fourth-order valence-electron chi connectivity index (χ4n) is 3.34. The summed E-state index contributed by atoms with van der Waals surface area (Å²) in [6, 6.07) is 12.6. The van der Waals surface area contributed by atoms with E-state index in [1.165, 1.54) is 5.56 Å². The molecule has 0 aliphatic rings. The van der Waals surface area contributed by atoms with Gasteiger partial charge in [-0.05, 0) is 64.5 Å². The maximum absolute atomic E-state index is 13.3. The molecule has 2 aromatic carbocycles. The highest BCUT2D eigenvalue weighted by Crippen LogP contribution is 2.27. The Morgan fingerprint density at radius 2 is 1.91 bits per heavy atom. The van der Waals surface area contributed by atoms with Crippen molar-refractivity contribution in [3.05, 3.63) is 63.1 Å². The lowest BCUT2D eigenvalue weighted by Gasteiger charge is -2.31. The highest BCUT2D eigenvalue weighted by atomic mass is 79.9. The number of nitrogens with one attached hydrogen (secondary N) is 1. The summed E-state index contributed by atoms with van der Waals surface area (Å²) in [5.74, 6) is 0.164. The number of carbonyl (C=O) groups excluding carboxylic acids is 2. The highest BCUT2D eigenvalue weighted by Gasteiger charge is 2.29. The van der Waals surface area contributed by atoms with E-state index in [9.17, 15) is 9.59 Å². The number of rotatable bonds is 12. The third-order valence-corrected chi connectivity index (χ3v) is 6.26. The van der Waals surface area contributed by atoms with E-state index in [2.05, 4.69) is 35.1 Å². The van der Waals surface area contributed by atoms with Gasteiger partial charge in [0, 0.05) is 18.1 Å². The first-order valence-electron chi connectivity index (χ1n) is 11.1. The molecule has 1 unspecified atom stereocenters. The van der Waals surface area contributed by atoms with Crippen LogP contribution < -0.4 is 10.1 Å². The number of hydrogen-bond acceptors (Lipinski definition) is 3. The first kappa shape index (κ1) is 26.2. The number of amides is 2. The Bertz CT molecular complexity index is 907. The Hall–Kier alpha value is -2.05. The third-order valence-electron chi connectivity index (χ3n) is 5.27. The summed E-state index contributed by atoms with van der Waals surface area (Å²) >= 11 is 9.86. The SMILES string of the molecule is CCCCNC(=O)C(CC)N(Cc1ccccc1Cl)C(=O)COc1ccc(CC)cc1Br. The van der Waals surface area contributed by atoms with Gasteiger partial charge in [-0.15, -0.1) is 0 Å². The number of aryl methyl sites for hydroxylation is 1. The van der Waals surface area contributed by atoms with Crippen molar-refractivity contribution in [3.63, 3.8) is 0 Å². The molecule has 5 nitrogen and oxygen atoms in total. The quantitative estimate of drug-likeness (QED) is 0.359. The van der Waals surface area contributed by atoms with Crippen LogP contribution in [0.4, 0.5) is 0 Å². The lowest BCUT2D eigenvalue weighted by Crippen LogP contribution is -2.50. The molecule has 0 saturated carbocycles. The van der Waals surface area contributed by atoms with Crippen LogP contribution in [0.1, 0.15) is 51.2 Å². The number of carbonyl (C=O) groups is 2. The largest absolute Gasteiger partial charge is 0.483 e. The minimum Gasteiger partial charge on any atom is -0.483 e. The van der Waals surface area contributed by atoms with E-state index in [1.54, 1.807) is 11.0 Å². The number of unbranched alkanes of at least 4 members (excludes halogenated alkanes) is 1. The molecule has 32 heavy (non-hydrogen) atoms. The third kappa shape index (κ3) is 7.52. The van der Waals surface area contributed by atoms with Crippen LogP contribution in [-0.2, 0) is 22.6 Å². The average Bonchev–Trinajstić information content (AvgIpc) is 2.79. The van der Waals surface area contributed by atoms with Crippen LogP contribution in [0.5, 0.6) is 5.75 Å². The molecule has 2 amide bonds. The van der Waals surface area contributed by atoms with Gasteiger partial charge in [-0.3, -0.25) is 9.59 Å². The van der Waals surface area contributed by atoms with E-state index < -0.39 is 6.04 Å². The maximum Gasteiger partial charge on any atom is 0.261 e. The lowest BCUT2D eigenvalue weighted by molar-refractivity contribution is -0.143. The minimum absolute atomic E-state index is 0.158. The summed E-state index contributed by atoms with van der Waals surface area (Å²) in [4.78, 5) is 27.7. The normalized spacial score (nSPS) is 11.7. The zero-order valence-electron chi connectivity index (χ0n) is 19.0. The van der Waals surface area contributed by atoms with Crippen molar-refractivity contribution in [2.45, 2.75) is 59.0 Å². The van der Waals surface area contributed by atoms with Crippen molar-refractivity contribution in [3.8, 4) is 5.75 Å². The molecule has 2 rings (SSSR count). The molecule has 0 spiro atoms. The summed E-state index contributed by atoms with van der Waals surface area (Å²) in [5.41, 5.74) is 1.96. The van der Waals surface area contributed by atoms with Gasteiger partial charge in [-0.1, -0.05) is 63.1 Å². The molecule has 7 heteroatoms. The Kier molecular flexibility index (Phi) is 11.0. The van der Waals surface area contributed by atoms with Gasteiger partial charge in [0.05, 0.1) is 4.47 Å². The Morgan fingerprint density at radius 1 is 1.16 bits per heavy atom. The Morgan fingerprint density at radius 3 is 2.53 bits per heavy atom. The molecule has 0 bridgehead atoms. The van der Waals surface area contributed by atoms with E-state index in [4.69, 9.17) is 16.3 Å². The monoisotopic (exact) mass is 522 g/mol. The van der Waals surface area contributed by atoms with Crippen molar-refractivity contribution in [2.24, 2.45) is 0 Å². The van der Waals surface area contributed by atoms with Gasteiger partial charge in [0.15, 0.2) is 6.61 Å². The number of halogens is 2. The lowest BCUT2D eigenvalue weighted by atomic mass is 10.1. The van der Waals surface area contributed by atoms with Crippen LogP contribution >= 0.6 is 27.5 Å². The standard InChI is InChI=1S/C25H32BrClN2O3/c1-4-7-14-28-25(31)22(6-3)29(16-19-10-8-9-11-21(19)27)24(30)17-32-23-13-12-18(5-2)15-20(23)26/h8-13,15,22H,4-7,14,16-17H2,1-3H3,(H,28,31).